The lowest BCUT2D eigenvalue weighted by Gasteiger charge is -2.23. The summed E-state index contributed by atoms with van der Waals surface area (Å²) in [6.45, 7) is 2.59. The van der Waals surface area contributed by atoms with Crippen LogP contribution in [-0.4, -0.2) is 25.7 Å². The van der Waals surface area contributed by atoms with Gasteiger partial charge >= 0.3 is 0 Å². The van der Waals surface area contributed by atoms with Gasteiger partial charge in [0.15, 0.2) is 0 Å². The van der Waals surface area contributed by atoms with E-state index in [0.717, 1.165) is 51.1 Å². The van der Waals surface area contributed by atoms with E-state index in [1.807, 2.05) is 11.0 Å². The highest BCUT2D eigenvalue weighted by Gasteiger charge is 2.24. The van der Waals surface area contributed by atoms with Crippen LogP contribution in [0.15, 0.2) is 24.3 Å². The molecular formula is C16H21NO2. The second kappa shape index (κ2) is 5.74. The summed E-state index contributed by atoms with van der Waals surface area (Å²) in [7, 11) is 0. The largest absolute Gasteiger partial charge is 0.381 e. The second-order valence-electron chi connectivity index (χ2n) is 5.52. The number of fused-ring (bicyclic) bond motifs is 1. The summed E-state index contributed by atoms with van der Waals surface area (Å²) in [4.78, 5) is 14.3. The number of nitrogens with zero attached hydrogens (tertiary/aromatic N) is 1. The molecule has 19 heavy (non-hydrogen) atoms. The summed E-state index contributed by atoms with van der Waals surface area (Å²) < 4.78 is 5.36. The molecule has 0 atom stereocenters. The second-order valence-corrected chi connectivity index (χ2v) is 5.52. The molecule has 0 aliphatic carbocycles. The lowest BCUT2D eigenvalue weighted by molar-refractivity contribution is -0.119. The van der Waals surface area contributed by atoms with Gasteiger partial charge in [0, 0.05) is 31.9 Å². The van der Waals surface area contributed by atoms with E-state index in [1.165, 1.54) is 5.56 Å². The fraction of sp³-hybridized carbons (Fsp3) is 0.562. The Morgan fingerprint density at radius 3 is 2.89 bits per heavy atom. The molecule has 0 saturated carbocycles. The van der Waals surface area contributed by atoms with Crippen molar-refractivity contribution in [2.45, 2.75) is 32.1 Å². The first-order valence-corrected chi connectivity index (χ1v) is 7.30. The minimum Gasteiger partial charge on any atom is -0.381 e. The van der Waals surface area contributed by atoms with Crippen LogP contribution >= 0.6 is 0 Å². The standard InChI is InChI=1S/C16H21NO2/c18-16(6-5-13-8-11-19-12-9-13)17-10-7-14-3-1-2-4-15(14)17/h1-4,13H,5-12H2. The molecule has 0 radical (unpaired) electrons. The van der Waals surface area contributed by atoms with E-state index < -0.39 is 0 Å². The lowest BCUT2D eigenvalue weighted by Crippen LogP contribution is -2.29. The van der Waals surface area contributed by atoms with Crippen LogP contribution in [0.4, 0.5) is 5.69 Å². The van der Waals surface area contributed by atoms with Crippen molar-refractivity contribution in [3.05, 3.63) is 29.8 Å². The number of carbonyl (C=O) groups is 1. The van der Waals surface area contributed by atoms with E-state index >= 15 is 0 Å². The minimum absolute atomic E-state index is 0.288. The molecule has 0 bridgehead atoms. The van der Waals surface area contributed by atoms with E-state index in [4.69, 9.17) is 4.74 Å². The smallest absolute Gasteiger partial charge is 0.227 e. The topological polar surface area (TPSA) is 29.5 Å². The Bertz CT molecular complexity index is 452. The molecule has 102 valence electrons. The van der Waals surface area contributed by atoms with Crippen molar-refractivity contribution in [2.24, 2.45) is 5.92 Å². The van der Waals surface area contributed by atoms with Crippen molar-refractivity contribution in [2.75, 3.05) is 24.7 Å². The molecule has 1 amide bonds. The van der Waals surface area contributed by atoms with Crippen molar-refractivity contribution in [1.29, 1.82) is 0 Å². The van der Waals surface area contributed by atoms with Crippen LogP contribution in [0.5, 0.6) is 0 Å². The lowest BCUT2D eigenvalue weighted by atomic mass is 9.95. The number of rotatable bonds is 3. The predicted molar refractivity (Wildman–Crippen MR) is 75.3 cm³/mol. The molecule has 3 nitrogen and oxygen atoms in total. The Morgan fingerprint density at radius 1 is 1.26 bits per heavy atom. The van der Waals surface area contributed by atoms with E-state index in [9.17, 15) is 4.79 Å². The zero-order chi connectivity index (χ0) is 13.1. The fourth-order valence-electron chi connectivity index (χ4n) is 3.09. The zero-order valence-corrected chi connectivity index (χ0v) is 11.3. The molecule has 0 aromatic heterocycles. The molecule has 1 fully saturated rings. The van der Waals surface area contributed by atoms with Gasteiger partial charge in [-0.1, -0.05) is 18.2 Å². The molecule has 0 unspecified atom stereocenters. The van der Waals surface area contributed by atoms with Crippen LogP contribution in [0.3, 0.4) is 0 Å². The zero-order valence-electron chi connectivity index (χ0n) is 11.3. The molecule has 2 heterocycles. The molecule has 3 heteroatoms. The molecule has 2 aliphatic heterocycles. The van der Waals surface area contributed by atoms with Crippen LogP contribution in [-0.2, 0) is 16.0 Å². The van der Waals surface area contributed by atoms with Gasteiger partial charge < -0.3 is 9.64 Å². The van der Waals surface area contributed by atoms with Gasteiger partial charge in [0.2, 0.25) is 5.91 Å². The number of ether oxygens (including phenoxy) is 1. The molecule has 3 rings (SSSR count). The molecular weight excluding hydrogens is 238 g/mol. The number of carbonyl (C=O) groups excluding carboxylic acids is 1. The minimum atomic E-state index is 0.288. The first kappa shape index (κ1) is 12.7. The fourth-order valence-corrected chi connectivity index (χ4v) is 3.09. The molecule has 0 spiro atoms. The number of amides is 1. The van der Waals surface area contributed by atoms with Gasteiger partial charge in [-0.2, -0.15) is 0 Å². The van der Waals surface area contributed by atoms with Crippen molar-refractivity contribution < 1.29 is 9.53 Å². The van der Waals surface area contributed by atoms with Crippen molar-refractivity contribution >= 4 is 11.6 Å². The Labute approximate surface area is 114 Å². The molecule has 0 N–H and O–H groups in total. The van der Waals surface area contributed by atoms with Crippen molar-refractivity contribution in [3.8, 4) is 0 Å². The van der Waals surface area contributed by atoms with E-state index in [0.29, 0.717) is 12.3 Å². The van der Waals surface area contributed by atoms with E-state index in [-0.39, 0.29) is 5.91 Å². The number of hydrogen-bond acceptors (Lipinski definition) is 2. The number of para-hydroxylation sites is 1. The van der Waals surface area contributed by atoms with Gasteiger partial charge in [0.1, 0.15) is 0 Å². The van der Waals surface area contributed by atoms with Gasteiger partial charge in [-0.15, -0.1) is 0 Å². The normalized spacial score (nSPS) is 19.5. The third kappa shape index (κ3) is 2.81. The summed E-state index contributed by atoms with van der Waals surface area (Å²) in [5.74, 6) is 0.965. The average molecular weight is 259 g/mol. The Morgan fingerprint density at radius 2 is 2.05 bits per heavy atom. The van der Waals surface area contributed by atoms with Gasteiger partial charge in [-0.3, -0.25) is 4.79 Å². The first-order valence-electron chi connectivity index (χ1n) is 7.30. The van der Waals surface area contributed by atoms with Crippen LogP contribution in [0, 0.1) is 5.92 Å². The highest BCUT2D eigenvalue weighted by molar-refractivity contribution is 5.95. The molecule has 2 aliphatic rings. The predicted octanol–water partition coefficient (Wildman–Crippen LogP) is 2.78. The number of anilines is 1. The number of hydrogen-bond donors (Lipinski definition) is 0. The average Bonchev–Trinajstić information content (AvgIpc) is 2.90. The van der Waals surface area contributed by atoms with Gasteiger partial charge in [-0.25, -0.2) is 0 Å². The van der Waals surface area contributed by atoms with Crippen LogP contribution < -0.4 is 4.90 Å². The summed E-state index contributed by atoms with van der Waals surface area (Å²) in [6, 6.07) is 8.26. The maximum Gasteiger partial charge on any atom is 0.227 e. The maximum atomic E-state index is 12.3. The summed E-state index contributed by atoms with van der Waals surface area (Å²) >= 11 is 0. The third-order valence-electron chi connectivity index (χ3n) is 4.30. The van der Waals surface area contributed by atoms with Gasteiger partial charge in [0.25, 0.3) is 0 Å². The molecule has 1 aromatic carbocycles. The quantitative estimate of drug-likeness (QED) is 0.835. The monoisotopic (exact) mass is 259 g/mol. The third-order valence-corrected chi connectivity index (χ3v) is 4.30. The summed E-state index contributed by atoms with van der Waals surface area (Å²) in [5.41, 5.74) is 2.43. The highest BCUT2D eigenvalue weighted by Crippen LogP contribution is 2.29. The maximum absolute atomic E-state index is 12.3. The molecule has 1 saturated heterocycles. The number of benzene rings is 1. The highest BCUT2D eigenvalue weighted by atomic mass is 16.5. The van der Waals surface area contributed by atoms with E-state index in [2.05, 4.69) is 18.2 Å². The summed E-state index contributed by atoms with van der Waals surface area (Å²) in [5, 5.41) is 0. The van der Waals surface area contributed by atoms with Crippen molar-refractivity contribution in [3.63, 3.8) is 0 Å². The Hall–Kier alpha value is -1.35. The van der Waals surface area contributed by atoms with Crippen LogP contribution in [0.1, 0.15) is 31.2 Å². The Kier molecular flexibility index (Phi) is 3.83. The van der Waals surface area contributed by atoms with Gasteiger partial charge in [-0.05, 0) is 43.2 Å². The van der Waals surface area contributed by atoms with Crippen LogP contribution in [0.25, 0.3) is 0 Å². The Balaban J connectivity index is 1.56. The molecule has 1 aromatic rings. The SMILES string of the molecule is O=C(CCC1CCOCC1)N1CCc2ccccc21. The van der Waals surface area contributed by atoms with Crippen LogP contribution in [0.2, 0.25) is 0 Å². The van der Waals surface area contributed by atoms with E-state index in [1.54, 1.807) is 0 Å². The van der Waals surface area contributed by atoms with Crippen molar-refractivity contribution in [1.82, 2.24) is 0 Å². The first-order chi connectivity index (χ1) is 9.34. The van der Waals surface area contributed by atoms with Gasteiger partial charge in [0.05, 0.1) is 0 Å². The summed E-state index contributed by atoms with van der Waals surface area (Å²) in [6.07, 6.45) is 4.92.